The molecule has 2 atom stereocenters. The second-order valence-corrected chi connectivity index (χ2v) is 24.5. The van der Waals surface area contributed by atoms with E-state index in [0.717, 1.165) is 21.9 Å². The molecule has 4 aliphatic rings. The summed E-state index contributed by atoms with van der Waals surface area (Å²) in [4.78, 5) is 27.9. The van der Waals surface area contributed by atoms with Crippen molar-refractivity contribution in [2.24, 2.45) is 16.2 Å². The fourth-order valence-electron chi connectivity index (χ4n) is 10.1. The van der Waals surface area contributed by atoms with Crippen molar-refractivity contribution in [1.82, 2.24) is 0 Å². The fourth-order valence-corrected chi connectivity index (χ4v) is 16.0. The Morgan fingerprint density at radius 3 is 1.66 bits per heavy atom. The monoisotopic (exact) mass is 934 g/mol. The summed E-state index contributed by atoms with van der Waals surface area (Å²) in [6.45, 7) is 11.9. The lowest BCUT2D eigenvalue weighted by atomic mass is 9.44. The van der Waals surface area contributed by atoms with Gasteiger partial charge in [0.1, 0.15) is 0 Å². The molecule has 0 unspecified atom stereocenters. The summed E-state index contributed by atoms with van der Waals surface area (Å²) in [6.07, 6.45) is 14.4. The molecule has 8 aromatic rings. The van der Waals surface area contributed by atoms with E-state index in [-0.39, 0.29) is 11.2 Å². The van der Waals surface area contributed by atoms with Crippen molar-refractivity contribution < 1.29 is 4.79 Å². The summed E-state index contributed by atoms with van der Waals surface area (Å²) in [5, 5.41) is 6.35. The third-order valence-electron chi connectivity index (χ3n) is 13.8. The van der Waals surface area contributed by atoms with E-state index in [1.807, 2.05) is 69.6 Å². The molecule has 1 nitrogen and oxygen atoms in total. The first-order valence-corrected chi connectivity index (χ1v) is 26.6. The van der Waals surface area contributed by atoms with Crippen LogP contribution in [-0.4, -0.2) is 5.78 Å². The Morgan fingerprint density at radius 1 is 0.484 bits per heavy atom. The van der Waals surface area contributed by atoms with Crippen LogP contribution in [0.1, 0.15) is 54.7 Å². The summed E-state index contributed by atoms with van der Waals surface area (Å²) in [7, 11) is 0. The third kappa shape index (κ3) is 6.19. The summed E-state index contributed by atoms with van der Waals surface area (Å²) >= 11 is 11.0. The predicted octanol–water partition coefficient (Wildman–Crippen LogP) is 18.3. The van der Waals surface area contributed by atoms with E-state index >= 15 is 4.79 Å². The average molecular weight is 935 g/mol. The molecule has 2 aromatic carbocycles. The summed E-state index contributed by atoms with van der Waals surface area (Å²) < 4.78 is 0. The van der Waals surface area contributed by atoms with Gasteiger partial charge in [0.25, 0.3) is 0 Å². The molecule has 0 spiro atoms. The smallest absolute Gasteiger partial charge is 0.193 e. The largest absolute Gasteiger partial charge is 0.289 e. The molecule has 0 saturated heterocycles. The van der Waals surface area contributed by atoms with Crippen molar-refractivity contribution in [3.8, 4) is 39.0 Å². The summed E-state index contributed by atoms with van der Waals surface area (Å²) in [5.41, 5.74) is 9.36. The lowest BCUT2D eigenvalue weighted by Gasteiger charge is -2.58. The molecular weight excluding hydrogens is 893 g/mol. The molecule has 6 heterocycles. The lowest BCUT2D eigenvalue weighted by Crippen LogP contribution is -2.49. The average Bonchev–Trinajstić information content (AvgIpc) is 4.14. The van der Waals surface area contributed by atoms with E-state index in [1.54, 1.807) is 22.7 Å². The molecule has 6 aromatic heterocycles. The van der Waals surface area contributed by atoms with Gasteiger partial charge in [-0.15, -0.1) is 68.0 Å². The summed E-state index contributed by atoms with van der Waals surface area (Å²) in [5.74, 6) is 0.0530. The SMILES string of the molecule is CC(C)(C)C1=CC2=C(c3ccc(-c4ccc(-c5cccs5)s4)s3)C=C3C=C(C(=O)c4cccc5ccccc45)C=C4C(c5ccc(-c6ccc(-c7cccs7)s6)s5)=CC(=C1)[C@@]2(C)[C@@]34C. The first-order valence-electron chi connectivity index (χ1n) is 21.6. The van der Waals surface area contributed by atoms with Gasteiger partial charge in [-0.25, -0.2) is 0 Å². The molecule has 7 heteroatoms. The van der Waals surface area contributed by atoms with Gasteiger partial charge < -0.3 is 0 Å². The molecule has 0 radical (unpaired) electrons. The highest BCUT2D eigenvalue weighted by atomic mass is 32.1. The summed E-state index contributed by atoms with van der Waals surface area (Å²) in [6, 6.07) is 41.3. The van der Waals surface area contributed by atoms with Crippen molar-refractivity contribution in [2.75, 3.05) is 0 Å². The molecular formula is C57H42OS6. The Kier molecular flexibility index (Phi) is 9.37. The van der Waals surface area contributed by atoms with Crippen LogP contribution in [0.5, 0.6) is 0 Å². The highest BCUT2D eigenvalue weighted by molar-refractivity contribution is 7.27. The van der Waals surface area contributed by atoms with Gasteiger partial charge in [-0.05, 0) is 151 Å². The molecule has 0 fully saturated rings. The number of thiophene rings is 6. The number of hydrogen-bond donors (Lipinski definition) is 0. The lowest BCUT2D eigenvalue weighted by molar-refractivity contribution is 0.103. The van der Waals surface area contributed by atoms with Crippen LogP contribution in [0.3, 0.4) is 0 Å². The zero-order valence-corrected chi connectivity index (χ0v) is 40.8. The van der Waals surface area contributed by atoms with E-state index in [9.17, 15) is 0 Å². The number of rotatable bonds is 8. The van der Waals surface area contributed by atoms with Gasteiger partial charge in [-0.3, -0.25) is 4.79 Å². The number of allylic oxidation sites excluding steroid dienone is 14. The zero-order valence-electron chi connectivity index (χ0n) is 35.9. The van der Waals surface area contributed by atoms with E-state index in [4.69, 9.17) is 0 Å². The second kappa shape index (κ2) is 14.9. The molecule has 0 bridgehead atoms. The normalized spacial score (nSPS) is 20.3. The van der Waals surface area contributed by atoms with Crippen molar-refractivity contribution in [3.63, 3.8) is 0 Å². The van der Waals surface area contributed by atoms with Crippen molar-refractivity contribution in [2.45, 2.75) is 34.6 Å². The van der Waals surface area contributed by atoms with Gasteiger partial charge in [0.05, 0.1) is 0 Å². The number of ketones is 1. The van der Waals surface area contributed by atoms with Crippen molar-refractivity contribution in [1.29, 1.82) is 0 Å². The Hall–Kier alpha value is -5.25. The van der Waals surface area contributed by atoms with Gasteiger partial charge in [-0.1, -0.05) is 101 Å². The second-order valence-electron chi connectivity index (χ2n) is 18.3. The van der Waals surface area contributed by atoms with Crippen molar-refractivity contribution >= 4 is 95.7 Å². The van der Waals surface area contributed by atoms with Crippen LogP contribution in [0, 0.1) is 16.2 Å². The van der Waals surface area contributed by atoms with Gasteiger partial charge in [0.2, 0.25) is 0 Å². The topological polar surface area (TPSA) is 17.1 Å². The minimum Gasteiger partial charge on any atom is -0.289 e. The number of benzene rings is 2. The predicted molar refractivity (Wildman–Crippen MR) is 281 cm³/mol. The first-order chi connectivity index (χ1) is 31.0. The van der Waals surface area contributed by atoms with Gasteiger partial charge >= 0.3 is 0 Å². The Labute approximate surface area is 398 Å². The van der Waals surface area contributed by atoms with Gasteiger partial charge in [-0.2, -0.15) is 0 Å². The molecule has 0 aliphatic heterocycles. The molecule has 64 heavy (non-hydrogen) atoms. The Balaban J connectivity index is 1.06. The van der Waals surface area contributed by atoms with Crippen LogP contribution in [0.2, 0.25) is 0 Å². The zero-order chi connectivity index (χ0) is 43.5. The highest BCUT2D eigenvalue weighted by Gasteiger charge is 2.59. The highest BCUT2D eigenvalue weighted by Crippen LogP contribution is 2.70. The standard InChI is InChI=1S/C57H42OS6/c1-55(2,3)35-29-37-31-40(44-17-19-50(61-44)52-23-21-48(63-52)46-15-9-25-59-46)42-28-34(54(58)39-14-8-12-33-11-6-7-13-38(33)39)27-36-30-41(43(32-35)57(37,5)56(36,42)4)45-18-20-51(62-45)53-24-22-49(64-53)47-16-10-26-60-47/h6-32H,1-5H3/t56-,57+/m0/s1. The van der Waals surface area contributed by atoms with Crippen LogP contribution >= 0.6 is 68.0 Å². The molecule has 0 amide bonds. The Morgan fingerprint density at radius 2 is 1.03 bits per heavy atom. The minimum atomic E-state index is -0.465. The van der Waals surface area contributed by atoms with Gasteiger partial charge in [0.15, 0.2) is 5.78 Å². The van der Waals surface area contributed by atoms with Crippen LogP contribution in [0.4, 0.5) is 0 Å². The first kappa shape index (κ1) is 40.3. The van der Waals surface area contributed by atoms with Crippen LogP contribution in [0.25, 0.3) is 60.9 Å². The van der Waals surface area contributed by atoms with E-state index in [0.29, 0.717) is 0 Å². The Bertz CT molecular complexity index is 3450. The molecule has 312 valence electrons. The van der Waals surface area contributed by atoms with Gasteiger partial charge in [0, 0.05) is 70.7 Å². The van der Waals surface area contributed by atoms with Crippen LogP contribution in [0.15, 0.2) is 196 Å². The third-order valence-corrected chi connectivity index (χ3v) is 20.7. The number of fused-ring (bicyclic) bond motifs is 1. The quantitative estimate of drug-likeness (QED) is 0.139. The fraction of sp³-hybridized carbons (Fsp3) is 0.140. The molecule has 12 rings (SSSR count). The molecule has 4 aliphatic carbocycles. The van der Waals surface area contributed by atoms with E-state index < -0.39 is 10.8 Å². The molecule has 0 N–H and O–H groups in total. The van der Waals surface area contributed by atoms with Crippen molar-refractivity contribution in [3.05, 3.63) is 211 Å². The maximum absolute atomic E-state index is 15.1. The van der Waals surface area contributed by atoms with E-state index in [1.165, 1.54) is 87.8 Å². The van der Waals surface area contributed by atoms with E-state index in [2.05, 4.69) is 173 Å². The number of hydrogen-bond acceptors (Lipinski definition) is 7. The van der Waals surface area contributed by atoms with Crippen LogP contribution in [-0.2, 0) is 0 Å². The van der Waals surface area contributed by atoms with Crippen LogP contribution < -0.4 is 0 Å². The number of Topliss-reactive ketones (excluding diaryl/α,β-unsaturated/α-hetero) is 1. The number of carbonyl (C=O) groups is 1. The molecule has 0 saturated carbocycles. The maximum atomic E-state index is 15.1. The minimum absolute atomic E-state index is 0.0530. The number of carbonyl (C=O) groups excluding carboxylic acids is 1. The maximum Gasteiger partial charge on any atom is 0.193 e.